The van der Waals surface area contributed by atoms with Crippen LogP contribution in [0.2, 0.25) is 0 Å². The maximum absolute atomic E-state index is 3.72. The van der Waals surface area contributed by atoms with Crippen molar-refractivity contribution in [1.82, 2.24) is 5.32 Å². The number of hydrogen-bond donors (Lipinski definition) is 2. The standard InChI is InChI=1S/C15H23N3/c1-2-8-15(18-10-3-4-11-18)14(7-1)17-13-6-5-9-16-12-13/h1-2,7-8,13,16-17H,3-6,9-12H2. The van der Waals surface area contributed by atoms with E-state index in [1.807, 2.05) is 0 Å². The zero-order valence-electron chi connectivity index (χ0n) is 11.0. The smallest absolute Gasteiger partial charge is 0.0602 e. The van der Waals surface area contributed by atoms with Crippen molar-refractivity contribution in [3.05, 3.63) is 24.3 Å². The van der Waals surface area contributed by atoms with Gasteiger partial charge >= 0.3 is 0 Å². The molecule has 2 saturated heterocycles. The third-order valence-corrected chi connectivity index (χ3v) is 4.01. The Kier molecular flexibility index (Phi) is 3.69. The van der Waals surface area contributed by atoms with Crippen molar-refractivity contribution < 1.29 is 0 Å². The first-order chi connectivity index (χ1) is 8.93. The van der Waals surface area contributed by atoms with Gasteiger partial charge in [0.15, 0.2) is 0 Å². The van der Waals surface area contributed by atoms with E-state index < -0.39 is 0 Å². The van der Waals surface area contributed by atoms with E-state index in [0.717, 1.165) is 6.54 Å². The van der Waals surface area contributed by atoms with Crippen LogP contribution in [-0.4, -0.2) is 32.2 Å². The fraction of sp³-hybridized carbons (Fsp3) is 0.600. The van der Waals surface area contributed by atoms with Gasteiger partial charge in [0.2, 0.25) is 0 Å². The molecule has 2 heterocycles. The van der Waals surface area contributed by atoms with Crippen LogP contribution >= 0.6 is 0 Å². The van der Waals surface area contributed by atoms with Gasteiger partial charge in [0.05, 0.1) is 11.4 Å². The zero-order valence-corrected chi connectivity index (χ0v) is 11.0. The third kappa shape index (κ3) is 2.61. The van der Waals surface area contributed by atoms with Gasteiger partial charge in [-0.3, -0.25) is 0 Å². The van der Waals surface area contributed by atoms with Gasteiger partial charge in [-0.25, -0.2) is 0 Å². The van der Waals surface area contributed by atoms with Gasteiger partial charge in [0.1, 0.15) is 0 Å². The second kappa shape index (κ2) is 5.61. The normalized spacial score (nSPS) is 24.2. The number of rotatable bonds is 3. The molecule has 1 atom stereocenters. The highest BCUT2D eigenvalue weighted by molar-refractivity contribution is 5.70. The number of nitrogens with one attached hydrogen (secondary N) is 2. The second-order valence-corrected chi connectivity index (χ2v) is 5.40. The van der Waals surface area contributed by atoms with Gasteiger partial charge in [-0.2, -0.15) is 0 Å². The van der Waals surface area contributed by atoms with Crippen LogP contribution in [0.3, 0.4) is 0 Å². The summed E-state index contributed by atoms with van der Waals surface area (Å²) in [6.07, 6.45) is 5.23. The molecule has 2 aliphatic heterocycles. The molecule has 0 saturated carbocycles. The fourth-order valence-electron chi connectivity index (χ4n) is 3.02. The second-order valence-electron chi connectivity index (χ2n) is 5.40. The monoisotopic (exact) mass is 245 g/mol. The number of benzene rings is 1. The molecular formula is C15H23N3. The lowest BCUT2D eigenvalue weighted by Crippen LogP contribution is -2.38. The molecule has 0 aliphatic carbocycles. The Morgan fingerprint density at radius 3 is 2.72 bits per heavy atom. The van der Waals surface area contributed by atoms with Crippen LogP contribution in [0.5, 0.6) is 0 Å². The van der Waals surface area contributed by atoms with Crippen molar-refractivity contribution in [2.24, 2.45) is 0 Å². The molecule has 3 heteroatoms. The van der Waals surface area contributed by atoms with Crippen molar-refractivity contribution in [3.63, 3.8) is 0 Å². The number of para-hydroxylation sites is 2. The van der Waals surface area contributed by atoms with E-state index in [2.05, 4.69) is 39.8 Å². The van der Waals surface area contributed by atoms with E-state index in [1.165, 1.54) is 56.7 Å². The van der Waals surface area contributed by atoms with Crippen LogP contribution in [0.1, 0.15) is 25.7 Å². The molecule has 0 bridgehead atoms. The van der Waals surface area contributed by atoms with Crippen molar-refractivity contribution in [2.75, 3.05) is 36.4 Å². The third-order valence-electron chi connectivity index (χ3n) is 4.01. The highest BCUT2D eigenvalue weighted by Crippen LogP contribution is 2.29. The topological polar surface area (TPSA) is 27.3 Å². The highest BCUT2D eigenvalue weighted by Gasteiger charge is 2.18. The molecule has 18 heavy (non-hydrogen) atoms. The van der Waals surface area contributed by atoms with Crippen LogP contribution in [0.15, 0.2) is 24.3 Å². The van der Waals surface area contributed by atoms with Gasteiger partial charge in [-0.05, 0) is 44.4 Å². The zero-order chi connectivity index (χ0) is 12.2. The van der Waals surface area contributed by atoms with E-state index in [-0.39, 0.29) is 0 Å². The lowest BCUT2D eigenvalue weighted by molar-refractivity contribution is 0.480. The highest BCUT2D eigenvalue weighted by atomic mass is 15.2. The number of hydrogen-bond acceptors (Lipinski definition) is 3. The molecule has 3 nitrogen and oxygen atoms in total. The van der Waals surface area contributed by atoms with E-state index in [0.29, 0.717) is 6.04 Å². The minimum Gasteiger partial charge on any atom is -0.379 e. The van der Waals surface area contributed by atoms with Gasteiger partial charge in [-0.15, -0.1) is 0 Å². The van der Waals surface area contributed by atoms with Crippen LogP contribution in [0.4, 0.5) is 11.4 Å². The van der Waals surface area contributed by atoms with Crippen LogP contribution in [0.25, 0.3) is 0 Å². The maximum Gasteiger partial charge on any atom is 0.0602 e. The summed E-state index contributed by atoms with van der Waals surface area (Å²) < 4.78 is 0. The van der Waals surface area contributed by atoms with Crippen molar-refractivity contribution in [1.29, 1.82) is 0 Å². The molecule has 98 valence electrons. The molecule has 0 radical (unpaired) electrons. The molecule has 2 fully saturated rings. The number of piperidine rings is 1. The maximum atomic E-state index is 3.72. The Bertz CT molecular complexity index is 379. The van der Waals surface area contributed by atoms with Gasteiger partial charge in [0.25, 0.3) is 0 Å². The van der Waals surface area contributed by atoms with Crippen molar-refractivity contribution in [2.45, 2.75) is 31.7 Å². The summed E-state index contributed by atoms with van der Waals surface area (Å²) in [6.45, 7) is 4.68. The average Bonchev–Trinajstić information content (AvgIpc) is 2.94. The number of nitrogens with zero attached hydrogens (tertiary/aromatic N) is 1. The van der Waals surface area contributed by atoms with Crippen molar-refractivity contribution >= 4 is 11.4 Å². The molecule has 2 N–H and O–H groups in total. The van der Waals surface area contributed by atoms with E-state index >= 15 is 0 Å². The van der Waals surface area contributed by atoms with E-state index in [4.69, 9.17) is 0 Å². The summed E-state index contributed by atoms with van der Waals surface area (Å²) in [6, 6.07) is 9.35. The molecular weight excluding hydrogens is 222 g/mol. The molecule has 0 aromatic heterocycles. The summed E-state index contributed by atoms with van der Waals surface area (Å²) in [4.78, 5) is 2.51. The Balaban J connectivity index is 1.73. The van der Waals surface area contributed by atoms with Gasteiger partial charge in [-0.1, -0.05) is 12.1 Å². The summed E-state index contributed by atoms with van der Waals surface area (Å²) >= 11 is 0. The van der Waals surface area contributed by atoms with Gasteiger partial charge < -0.3 is 15.5 Å². The Morgan fingerprint density at radius 2 is 1.94 bits per heavy atom. The molecule has 1 aromatic carbocycles. The fourth-order valence-corrected chi connectivity index (χ4v) is 3.02. The first-order valence-corrected chi connectivity index (χ1v) is 7.25. The lowest BCUT2D eigenvalue weighted by atomic mass is 10.1. The summed E-state index contributed by atoms with van der Waals surface area (Å²) in [7, 11) is 0. The lowest BCUT2D eigenvalue weighted by Gasteiger charge is -2.28. The largest absolute Gasteiger partial charge is 0.379 e. The molecule has 3 rings (SSSR count). The minimum absolute atomic E-state index is 0.586. The van der Waals surface area contributed by atoms with Crippen molar-refractivity contribution in [3.8, 4) is 0 Å². The average molecular weight is 245 g/mol. The SMILES string of the molecule is c1ccc(N2CCCC2)c(NC2CCCNC2)c1. The predicted octanol–water partition coefficient (Wildman–Crippen LogP) is 2.45. The molecule has 0 spiro atoms. The van der Waals surface area contributed by atoms with E-state index in [9.17, 15) is 0 Å². The quantitative estimate of drug-likeness (QED) is 0.856. The van der Waals surface area contributed by atoms with Gasteiger partial charge in [0, 0.05) is 25.7 Å². The first kappa shape index (κ1) is 11.8. The van der Waals surface area contributed by atoms with Crippen LogP contribution in [0, 0.1) is 0 Å². The molecule has 1 unspecified atom stereocenters. The first-order valence-electron chi connectivity index (χ1n) is 7.25. The van der Waals surface area contributed by atoms with Crippen LogP contribution < -0.4 is 15.5 Å². The summed E-state index contributed by atoms with van der Waals surface area (Å²) in [5.41, 5.74) is 2.70. The Hall–Kier alpha value is -1.22. The predicted molar refractivity (Wildman–Crippen MR) is 77.4 cm³/mol. The Morgan fingerprint density at radius 1 is 1.11 bits per heavy atom. The summed E-state index contributed by atoms with van der Waals surface area (Å²) in [5, 5.41) is 7.19. The molecule has 2 aliphatic rings. The summed E-state index contributed by atoms with van der Waals surface area (Å²) in [5.74, 6) is 0. The molecule has 1 aromatic rings. The van der Waals surface area contributed by atoms with Crippen LogP contribution in [-0.2, 0) is 0 Å². The minimum atomic E-state index is 0.586. The van der Waals surface area contributed by atoms with E-state index in [1.54, 1.807) is 0 Å². The number of anilines is 2. The Labute approximate surface area is 110 Å². The molecule has 0 amide bonds.